The minimum absolute atomic E-state index is 0.0824. The van der Waals surface area contributed by atoms with E-state index >= 15 is 0 Å². The molecule has 1 amide bonds. The van der Waals surface area contributed by atoms with Crippen molar-refractivity contribution in [2.45, 2.75) is 51.6 Å². The van der Waals surface area contributed by atoms with Gasteiger partial charge in [-0.3, -0.25) is 4.79 Å². The Morgan fingerprint density at radius 3 is 2.17 bits per heavy atom. The van der Waals surface area contributed by atoms with Crippen LogP contribution in [0.15, 0.2) is 24.3 Å². The van der Waals surface area contributed by atoms with Crippen LogP contribution in [0.3, 0.4) is 0 Å². The first-order valence-corrected chi connectivity index (χ1v) is 9.80. The van der Waals surface area contributed by atoms with Crippen LogP contribution in [0, 0.1) is 0 Å². The fourth-order valence-electron chi connectivity index (χ4n) is 2.15. The fourth-order valence-corrected chi connectivity index (χ4v) is 2.83. The minimum atomic E-state index is -3.11. The number of hydrogen-bond acceptors (Lipinski definition) is 4. The molecule has 0 aromatic heterocycles. The Hall–Kier alpha value is -1.40. The average Bonchev–Trinajstić information content (AvgIpc) is 2.43. The fraction of sp³-hybridized carbons (Fsp3) is 0.588. The molecular weight excluding hydrogens is 312 g/mol. The molecular formula is C17H28N2O3S. The van der Waals surface area contributed by atoms with Gasteiger partial charge in [0, 0.05) is 6.26 Å². The molecule has 6 heteroatoms. The van der Waals surface area contributed by atoms with Crippen molar-refractivity contribution in [3.63, 3.8) is 0 Å². The summed E-state index contributed by atoms with van der Waals surface area (Å²) in [5.74, 6) is -0.419. The molecule has 1 aromatic carbocycles. The van der Waals surface area contributed by atoms with Crippen LogP contribution in [-0.2, 0) is 20.0 Å². The van der Waals surface area contributed by atoms with E-state index in [9.17, 15) is 13.2 Å². The van der Waals surface area contributed by atoms with Crippen LogP contribution in [0.4, 0.5) is 0 Å². The van der Waals surface area contributed by atoms with Gasteiger partial charge in [0.15, 0.2) is 0 Å². The van der Waals surface area contributed by atoms with Crippen molar-refractivity contribution in [1.82, 2.24) is 5.32 Å². The first-order valence-electron chi connectivity index (χ1n) is 7.74. The lowest BCUT2D eigenvalue weighted by molar-refractivity contribution is -0.123. The lowest BCUT2D eigenvalue weighted by atomic mass is 9.86. The zero-order chi connectivity index (χ0) is 17.8. The maximum atomic E-state index is 12.0. The van der Waals surface area contributed by atoms with Crippen molar-refractivity contribution >= 4 is 15.7 Å². The highest BCUT2D eigenvalue weighted by Crippen LogP contribution is 2.23. The molecule has 2 atom stereocenters. The van der Waals surface area contributed by atoms with Crippen LogP contribution >= 0.6 is 0 Å². The summed E-state index contributed by atoms with van der Waals surface area (Å²) in [7, 11) is -3.11. The minimum Gasteiger partial charge on any atom is -0.348 e. The summed E-state index contributed by atoms with van der Waals surface area (Å²) < 4.78 is 22.3. The highest BCUT2D eigenvalue weighted by atomic mass is 32.2. The number of benzene rings is 1. The van der Waals surface area contributed by atoms with Gasteiger partial charge in [0.05, 0.1) is 17.8 Å². The van der Waals surface area contributed by atoms with E-state index in [2.05, 4.69) is 38.2 Å². The van der Waals surface area contributed by atoms with E-state index in [0.29, 0.717) is 0 Å². The van der Waals surface area contributed by atoms with Crippen molar-refractivity contribution < 1.29 is 13.2 Å². The number of amides is 1. The molecule has 0 spiro atoms. The lowest BCUT2D eigenvalue weighted by Gasteiger charge is -2.21. The van der Waals surface area contributed by atoms with Crippen molar-refractivity contribution in [2.24, 2.45) is 5.73 Å². The molecule has 5 nitrogen and oxygen atoms in total. The van der Waals surface area contributed by atoms with Gasteiger partial charge in [-0.15, -0.1) is 0 Å². The normalized spacial score (nSPS) is 15.0. The zero-order valence-corrected chi connectivity index (χ0v) is 15.4. The third kappa shape index (κ3) is 6.71. The molecule has 3 N–H and O–H groups in total. The summed E-state index contributed by atoms with van der Waals surface area (Å²) in [5, 5.41) is 2.83. The van der Waals surface area contributed by atoms with Gasteiger partial charge >= 0.3 is 0 Å². The van der Waals surface area contributed by atoms with Crippen LogP contribution in [0.25, 0.3) is 0 Å². The number of rotatable bonds is 6. The second-order valence-electron chi connectivity index (χ2n) is 7.13. The molecule has 0 bridgehead atoms. The number of carbonyl (C=O) groups is 1. The largest absolute Gasteiger partial charge is 0.348 e. The van der Waals surface area contributed by atoms with Gasteiger partial charge in [-0.2, -0.15) is 0 Å². The molecule has 0 aliphatic rings. The Balaban J connectivity index is 2.64. The van der Waals surface area contributed by atoms with Crippen molar-refractivity contribution in [3.8, 4) is 0 Å². The number of nitrogens with two attached hydrogens (primary N) is 1. The molecule has 0 aliphatic carbocycles. The highest BCUT2D eigenvalue weighted by Gasteiger charge is 2.19. The third-order valence-electron chi connectivity index (χ3n) is 3.77. The quantitative estimate of drug-likeness (QED) is 0.828. The SMILES string of the molecule is CC(NC(=O)C(N)CCS(C)(=O)=O)c1ccc(C(C)(C)C)cc1. The molecule has 0 saturated carbocycles. The van der Waals surface area contributed by atoms with E-state index in [4.69, 9.17) is 5.73 Å². The summed E-state index contributed by atoms with van der Waals surface area (Å²) in [6.07, 6.45) is 1.26. The molecule has 0 saturated heterocycles. The topological polar surface area (TPSA) is 89.3 Å². The molecule has 0 fully saturated rings. The second-order valence-corrected chi connectivity index (χ2v) is 9.39. The van der Waals surface area contributed by atoms with Crippen LogP contribution in [0.5, 0.6) is 0 Å². The molecule has 0 radical (unpaired) electrons. The predicted octanol–water partition coefficient (Wildman–Crippen LogP) is 1.92. The van der Waals surface area contributed by atoms with Crippen molar-refractivity contribution in [1.29, 1.82) is 0 Å². The van der Waals surface area contributed by atoms with Crippen LogP contribution in [0.2, 0.25) is 0 Å². The Kier molecular flexibility index (Phi) is 6.36. The molecule has 1 aromatic rings. The summed E-state index contributed by atoms with van der Waals surface area (Å²) in [5.41, 5.74) is 8.05. The maximum Gasteiger partial charge on any atom is 0.237 e. The van der Waals surface area contributed by atoms with E-state index in [-0.39, 0.29) is 29.5 Å². The van der Waals surface area contributed by atoms with E-state index in [1.807, 2.05) is 19.1 Å². The molecule has 0 aliphatic heterocycles. The standard InChI is InChI=1S/C17H28N2O3S/c1-12(13-6-8-14(9-7-13)17(2,3)4)19-16(20)15(18)10-11-23(5,21)22/h6-9,12,15H,10-11,18H2,1-5H3,(H,19,20). The molecule has 0 heterocycles. The third-order valence-corrected chi connectivity index (χ3v) is 4.75. The van der Waals surface area contributed by atoms with Crippen LogP contribution in [0.1, 0.15) is 51.3 Å². The molecule has 130 valence electrons. The van der Waals surface area contributed by atoms with Gasteiger partial charge in [-0.25, -0.2) is 8.42 Å². The van der Waals surface area contributed by atoms with Gasteiger partial charge in [0.25, 0.3) is 0 Å². The highest BCUT2D eigenvalue weighted by molar-refractivity contribution is 7.90. The summed E-state index contributed by atoms with van der Waals surface area (Å²) in [4.78, 5) is 12.0. The first-order chi connectivity index (χ1) is 10.4. The van der Waals surface area contributed by atoms with Crippen molar-refractivity contribution in [2.75, 3.05) is 12.0 Å². The summed E-state index contributed by atoms with van der Waals surface area (Å²) in [6, 6.07) is 7.10. The Labute approximate surface area is 139 Å². The zero-order valence-electron chi connectivity index (χ0n) is 14.6. The lowest BCUT2D eigenvalue weighted by Crippen LogP contribution is -2.42. The number of carbonyl (C=O) groups excluding carboxylic acids is 1. The Morgan fingerprint density at radius 2 is 1.74 bits per heavy atom. The van der Waals surface area contributed by atoms with E-state index in [1.165, 1.54) is 5.56 Å². The predicted molar refractivity (Wildman–Crippen MR) is 94.0 cm³/mol. The Bertz CT molecular complexity index is 631. The van der Waals surface area contributed by atoms with Crippen LogP contribution < -0.4 is 11.1 Å². The van der Waals surface area contributed by atoms with Gasteiger partial charge in [-0.05, 0) is 29.9 Å². The number of nitrogens with one attached hydrogen (secondary N) is 1. The van der Waals surface area contributed by atoms with E-state index < -0.39 is 15.9 Å². The maximum absolute atomic E-state index is 12.0. The summed E-state index contributed by atoms with van der Waals surface area (Å²) >= 11 is 0. The van der Waals surface area contributed by atoms with Crippen molar-refractivity contribution in [3.05, 3.63) is 35.4 Å². The van der Waals surface area contributed by atoms with Gasteiger partial charge < -0.3 is 11.1 Å². The van der Waals surface area contributed by atoms with Gasteiger partial charge in [0.1, 0.15) is 9.84 Å². The Morgan fingerprint density at radius 1 is 1.22 bits per heavy atom. The number of hydrogen-bond donors (Lipinski definition) is 2. The molecule has 23 heavy (non-hydrogen) atoms. The van der Waals surface area contributed by atoms with E-state index in [0.717, 1.165) is 11.8 Å². The average molecular weight is 340 g/mol. The monoisotopic (exact) mass is 340 g/mol. The first kappa shape index (κ1) is 19.6. The second kappa shape index (κ2) is 7.45. The van der Waals surface area contributed by atoms with Crippen LogP contribution in [-0.4, -0.2) is 32.4 Å². The summed E-state index contributed by atoms with van der Waals surface area (Å²) in [6.45, 7) is 8.32. The number of sulfone groups is 1. The van der Waals surface area contributed by atoms with Gasteiger partial charge in [-0.1, -0.05) is 45.0 Å². The van der Waals surface area contributed by atoms with E-state index in [1.54, 1.807) is 0 Å². The smallest absolute Gasteiger partial charge is 0.237 e. The van der Waals surface area contributed by atoms with Gasteiger partial charge in [0.2, 0.25) is 5.91 Å². The molecule has 2 unspecified atom stereocenters. The molecule has 1 rings (SSSR count).